The van der Waals surface area contributed by atoms with Crippen molar-refractivity contribution < 1.29 is 18.3 Å². The number of alkyl halides is 3. The third-order valence-electron chi connectivity index (χ3n) is 1.84. The monoisotopic (exact) mass is 205 g/mol. The van der Waals surface area contributed by atoms with E-state index in [1.165, 1.54) is 6.07 Å². The molecule has 1 aromatic rings. The standard InChI is InChI=1S/C9H10F3NO/c1-2-8(14)7-4-3-6(5-13-7)9(10,11)12/h3-5,8,14H,2H2,1H3. The van der Waals surface area contributed by atoms with Crippen LogP contribution in [-0.4, -0.2) is 10.1 Å². The highest BCUT2D eigenvalue weighted by molar-refractivity contribution is 5.18. The summed E-state index contributed by atoms with van der Waals surface area (Å²) in [5.74, 6) is 0. The van der Waals surface area contributed by atoms with Gasteiger partial charge in [0.15, 0.2) is 0 Å². The van der Waals surface area contributed by atoms with E-state index in [1.807, 2.05) is 0 Å². The number of rotatable bonds is 2. The van der Waals surface area contributed by atoms with Gasteiger partial charge in [-0.25, -0.2) is 0 Å². The Labute approximate surface area is 79.4 Å². The fourth-order valence-corrected chi connectivity index (χ4v) is 0.979. The lowest BCUT2D eigenvalue weighted by Crippen LogP contribution is -2.07. The molecule has 1 unspecified atom stereocenters. The molecule has 0 aliphatic rings. The average Bonchev–Trinajstić information content (AvgIpc) is 2.15. The Morgan fingerprint density at radius 1 is 1.43 bits per heavy atom. The van der Waals surface area contributed by atoms with Crippen LogP contribution in [0, 0.1) is 0 Å². The lowest BCUT2D eigenvalue weighted by Gasteiger charge is -2.09. The highest BCUT2D eigenvalue weighted by Crippen LogP contribution is 2.29. The summed E-state index contributed by atoms with van der Waals surface area (Å²) in [6.07, 6.45) is -4.01. The van der Waals surface area contributed by atoms with E-state index in [9.17, 15) is 18.3 Å². The molecule has 1 aromatic heterocycles. The first kappa shape index (κ1) is 11.0. The van der Waals surface area contributed by atoms with Crippen LogP contribution in [0.4, 0.5) is 13.2 Å². The van der Waals surface area contributed by atoms with Crippen LogP contribution in [0.25, 0.3) is 0 Å². The second-order valence-electron chi connectivity index (χ2n) is 2.89. The molecule has 14 heavy (non-hydrogen) atoms. The van der Waals surface area contributed by atoms with Crippen molar-refractivity contribution in [3.05, 3.63) is 29.6 Å². The predicted octanol–water partition coefficient (Wildman–Crippen LogP) is 2.54. The number of hydrogen-bond acceptors (Lipinski definition) is 2. The molecule has 1 rings (SSSR count). The van der Waals surface area contributed by atoms with Crippen molar-refractivity contribution in [2.45, 2.75) is 25.6 Å². The van der Waals surface area contributed by atoms with Crippen molar-refractivity contribution in [1.29, 1.82) is 0 Å². The molecule has 5 heteroatoms. The second kappa shape index (κ2) is 3.96. The quantitative estimate of drug-likeness (QED) is 0.804. The molecule has 2 nitrogen and oxygen atoms in total. The van der Waals surface area contributed by atoms with Crippen LogP contribution in [0.5, 0.6) is 0 Å². The molecule has 0 amide bonds. The van der Waals surface area contributed by atoms with Gasteiger partial charge in [-0.1, -0.05) is 6.92 Å². The molecule has 0 fully saturated rings. The van der Waals surface area contributed by atoms with Gasteiger partial charge in [-0.15, -0.1) is 0 Å². The lowest BCUT2D eigenvalue weighted by molar-refractivity contribution is -0.137. The number of hydrogen-bond donors (Lipinski definition) is 1. The van der Waals surface area contributed by atoms with E-state index in [-0.39, 0.29) is 5.69 Å². The van der Waals surface area contributed by atoms with Gasteiger partial charge in [-0.05, 0) is 18.6 Å². The van der Waals surface area contributed by atoms with Gasteiger partial charge in [0.1, 0.15) is 0 Å². The third kappa shape index (κ3) is 2.45. The first-order valence-corrected chi connectivity index (χ1v) is 4.16. The minimum absolute atomic E-state index is 0.264. The molecule has 0 saturated heterocycles. The molecule has 0 aliphatic heterocycles. The van der Waals surface area contributed by atoms with E-state index >= 15 is 0 Å². The van der Waals surface area contributed by atoms with E-state index in [4.69, 9.17) is 0 Å². The van der Waals surface area contributed by atoms with Crippen LogP contribution in [0.15, 0.2) is 18.3 Å². The SMILES string of the molecule is CCC(O)c1ccc(C(F)(F)F)cn1. The summed E-state index contributed by atoms with van der Waals surface area (Å²) in [6.45, 7) is 1.73. The molecule has 78 valence electrons. The summed E-state index contributed by atoms with van der Waals surface area (Å²) >= 11 is 0. The Bertz CT molecular complexity index is 294. The maximum absolute atomic E-state index is 12.1. The van der Waals surface area contributed by atoms with E-state index < -0.39 is 17.8 Å². The largest absolute Gasteiger partial charge is 0.417 e. The van der Waals surface area contributed by atoms with Crippen molar-refractivity contribution >= 4 is 0 Å². The predicted molar refractivity (Wildman–Crippen MR) is 44.5 cm³/mol. The van der Waals surface area contributed by atoms with Crippen LogP contribution >= 0.6 is 0 Å². The summed E-state index contributed by atoms with van der Waals surface area (Å²) in [5, 5.41) is 9.28. The van der Waals surface area contributed by atoms with Crippen molar-refractivity contribution in [2.24, 2.45) is 0 Å². The molecule has 0 aromatic carbocycles. The van der Waals surface area contributed by atoms with Crippen molar-refractivity contribution in [3.63, 3.8) is 0 Å². The molecule has 1 N–H and O–H groups in total. The van der Waals surface area contributed by atoms with Crippen LogP contribution < -0.4 is 0 Å². The minimum atomic E-state index is -4.37. The van der Waals surface area contributed by atoms with E-state index in [0.29, 0.717) is 6.42 Å². The number of nitrogens with zero attached hydrogens (tertiary/aromatic N) is 1. The fourth-order valence-electron chi connectivity index (χ4n) is 0.979. The zero-order valence-electron chi connectivity index (χ0n) is 7.54. The highest BCUT2D eigenvalue weighted by Gasteiger charge is 2.30. The Morgan fingerprint density at radius 2 is 2.07 bits per heavy atom. The maximum atomic E-state index is 12.1. The van der Waals surface area contributed by atoms with Crippen LogP contribution in [0.2, 0.25) is 0 Å². The molecule has 0 bridgehead atoms. The maximum Gasteiger partial charge on any atom is 0.417 e. The lowest BCUT2D eigenvalue weighted by atomic mass is 10.1. The summed E-state index contributed by atoms with van der Waals surface area (Å²) in [7, 11) is 0. The van der Waals surface area contributed by atoms with Crippen LogP contribution in [-0.2, 0) is 6.18 Å². The van der Waals surface area contributed by atoms with E-state index in [1.54, 1.807) is 6.92 Å². The summed E-state index contributed by atoms with van der Waals surface area (Å²) in [6, 6.07) is 2.11. The minimum Gasteiger partial charge on any atom is -0.387 e. The van der Waals surface area contributed by atoms with E-state index in [0.717, 1.165) is 12.3 Å². The number of aliphatic hydroxyl groups is 1. The Kier molecular flexibility index (Phi) is 3.10. The van der Waals surface area contributed by atoms with Gasteiger partial charge in [-0.3, -0.25) is 4.98 Å². The molecule has 0 radical (unpaired) electrons. The zero-order chi connectivity index (χ0) is 10.8. The van der Waals surface area contributed by atoms with Gasteiger partial charge >= 0.3 is 6.18 Å². The number of aromatic nitrogens is 1. The first-order chi connectivity index (χ1) is 6.45. The Morgan fingerprint density at radius 3 is 2.43 bits per heavy atom. The fraction of sp³-hybridized carbons (Fsp3) is 0.444. The Balaban J connectivity index is 2.89. The van der Waals surface area contributed by atoms with Gasteiger partial charge < -0.3 is 5.11 Å². The highest BCUT2D eigenvalue weighted by atomic mass is 19.4. The first-order valence-electron chi connectivity index (χ1n) is 4.16. The van der Waals surface area contributed by atoms with Gasteiger partial charge in [0, 0.05) is 6.20 Å². The Hall–Kier alpha value is -1.10. The zero-order valence-corrected chi connectivity index (χ0v) is 7.54. The van der Waals surface area contributed by atoms with Gasteiger partial charge in [0.25, 0.3) is 0 Å². The summed E-state index contributed by atoms with van der Waals surface area (Å²) in [5.41, 5.74) is -0.537. The number of aliphatic hydroxyl groups excluding tert-OH is 1. The summed E-state index contributed by atoms with van der Waals surface area (Å²) < 4.78 is 36.3. The molecular weight excluding hydrogens is 195 g/mol. The van der Waals surface area contributed by atoms with Crippen molar-refractivity contribution in [2.75, 3.05) is 0 Å². The number of pyridine rings is 1. The van der Waals surface area contributed by atoms with Gasteiger partial charge in [-0.2, -0.15) is 13.2 Å². The normalized spacial score (nSPS) is 14.1. The van der Waals surface area contributed by atoms with Crippen molar-refractivity contribution in [1.82, 2.24) is 4.98 Å². The average molecular weight is 205 g/mol. The molecule has 0 saturated carbocycles. The second-order valence-corrected chi connectivity index (χ2v) is 2.89. The summed E-state index contributed by atoms with van der Waals surface area (Å²) in [4.78, 5) is 3.55. The van der Waals surface area contributed by atoms with Gasteiger partial charge in [0.2, 0.25) is 0 Å². The van der Waals surface area contributed by atoms with Gasteiger partial charge in [0.05, 0.1) is 17.4 Å². The van der Waals surface area contributed by atoms with Crippen molar-refractivity contribution in [3.8, 4) is 0 Å². The molecular formula is C9H10F3NO. The van der Waals surface area contributed by atoms with E-state index in [2.05, 4.69) is 4.98 Å². The molecule has 1 heterocycles. The molecule has 0 aliphatic carbocycles. The molecule has 1 atom stereocenters. The van der Waals surface area contributed by atoms with Crippen LogP contribution in [0.1, 0.15) is 30.7 Å². The smallest absolute Gasteiger partial charge is 0.387 e. The van der Waals surface area contributed by atoms with Crippen LogP contribution in [0.3, 0.4) is 0 Å². The molecule has 0 spiro atoms. The number of halogens is 3. The topological polar surface area (TPSA) is 33.1 Å². The third-order valence-corrected chi connectivity index (χ3v) is 1.84.